The summed E-state index contributed by atoms with van der Waals surface area (Å²) in [7, 11) is 0. The number of nitrogens with zero attached hydrogens (tertiary/aromatic N) is 3. The van der Waals surface area contributed by atoms with Gasteiger partial charge in [0.1, 0.15) is 5.75 Å². The van der Waals surface area contributed by atoms with E-state index in [1.54, 1.807) is 18.5 Å². The van der Waals surface area contributed by atoms with Gasteiger partial charge in [0.15, 0.2) is 0 Å². The molecular weight excluding hydrogens is 408 g/mol. The Morgan fingerprint density at radius 1 is 1.03 bits per heavy atom. The number of aryl methyl sites for hydroxylation is 2. The van der Waals surface area contributed by atoms with Crippen molar-refractivity contribution >= 4 is 17.2 Å². The third-order valence-electron chi connectivity index (χ3n) is 4.66. The van der Waals surface area contributed by atoms with Crippen LogP contribution in [0.1, 0.15) is 27.2 Å². The third-order valence-corrected chi connectivity index (χ3v) is 5.31. The van der Waals surface area contributed by atoms with Gasteiger partial charge in [0, 0.05) is 47.3 Å². The second kappa shape index (κ2) is 9.49. The zero-order valence-electron chi connectivity index (χ0n) is 17.3. The molecule has 1 aromatic carbocycles. The Morgan fingerprint density at radius 2 is 1.94 bits per heavy atom. The number of pyridine rings is 2. The molecule has 0 aliphatic carbocycles. The molecule has 1 N–H and O–H groups in total. The van der Waals surface area contributed by atoms with Gasteiger partial charge in [0.25, 0.3) is 11.1 Å². The van der Waals surface area contributed by atoms with Crippen molar-refractivity contribution in [3.63, 3.8) is 0 Å². The van der Waals surface area contributed by atoms with E-state index in [9.17, 15) is 4.79 Å². The van der Waals surface area contributed by atoms with Crippen molar-refractivity contribution in [3.8, 4) is 22.2 Å². The van der Waals surface area contributed by atoms with Crippen LogP contribution < -0.4 is 10.1 Å². The number of ether oxygens (including phenoxy) is 1. The maximum atomic E-state index is 12.9. The Kier molecular flexibility index (Phi) is 6.33. The number of hydrogen-bond donors (Lipinski definition) is 1. The first-order chi connectivity index (χ1) is 15.1. The van der Waals surface area contributed by atoms with Crippen LogP contribution in [0.2, 0.25) is 0 Å². The molecule has 0 aliphatic rings. The molecule has 1 amide bonds. The number of amides is 1. The molecule has 0 bridgehead atoms. The van der Waals surface area contributed by atoms with E-state index >= 15 is 0 Å². The molecule has 0 radical (unpaired) electrons. The van der Waals surface area contributed by atoms with E-state index in [0.717, 1.165) is 28.1 Å². The molecule has 3 aromatic heterocycles. The number of benzene rings is 1. The number of rotatable bonds is 7. The molecular formula is C24H22N4O2S. The summed E-state index contributed by atoms with van der Waals surface area (Å²) >= 11 is 1.39. The minimum Gasteiger partial charge on any atom is -0.431 e. The number of nitrogens with one attached hydrogen (secondary N) is 1. The topological polar surface area (TPSA) is 77.0 Å². The van der Waals surface area contributed by atoms with E-state index in [1.807, 2.05) is 61.8 Å². The van der Waals surface area contributed by atoms with Crippen LogP contribution in [0.25, 0.3) is 11.3 Å². The van der Waals surface area contributed by atoms with Gasteiger partial charge in [-0.3, -0.25) is 14.8 Å². The molecule has 6 nitrogen and oxygen atoms in total. The maximum Gasteiger partial charge on any atom is 0.278 e. The zero-order valence-corrected chi connectivity index (χ0v) is 18.1. The summed E-state index contributed by atoms with van der Waals surface area (Å²) in [6.45, 7) is 4.45. The van der Waals surface area contributed by atoms with E-state index in [1.165, 1.54) is 11.3 Å². The molecule has 0 saturated heterocycles. The fourth-order valence-electron chi connectivity index (χ4n) is 3.01. The zero-order chi connectivity index (χ0) is 21.6. The van der Waals surface area contributed by atoms with Crippen molar-refractivity contribution in [2.45, 2.75) is 20.3 Å². The lowest BCUT2D eigenvalue weighted by Crippen LogP contribution is -2.25. The van der Waals surface area contributed by atoms with E-state index < -0.39 is 0 Å². The van der Waals surface area contributed by atoms with Crippen molar-refractivity contribution in [3.05, 3.63) is 88.8 Å². The average molecular weight is 431 g/mol. The van der Waals surface area contributed by atoms with Crippen molar-refractivity contribution < 1.29 is 9.53 Å². The Labute approximate surface area is 185 Å². The first kappa shape index (κ1) is 20.7. The fraction of sp³-hybridized carbons (Fsp3) is 0.167. The maximum absolute atomic E-state index is 12.9. The van der Waals surface area contributed by atoms with Crippen LogP contribution in [0.15, 0.2) is 66.4 Å². The quantitative estimate of drug-likeness (QED) is 0.447. The summed E-state index contributed by atoms with van der Waals surface area (Å²) in [5.41, 5.74) is 5.21. The van der Waals surface area contributed by atoms with Gasteiger partial charge in [-0.25, -0.2) is 4.98 Å². The van der Waals surface area contributed by atoms with Gasteiger partial charge < -0.3 is 10.1 Å². The van der Waals surface area contributed by atoms with E-state index in [2.05, 4.69) is 20.3 Å². The molecule has 31 heavy (non-hydrogen) atoms. The predicted molar refractivity (Wildman–Crippen MR) is 122 cm³/mol. The molecule has 4 rings (SSSR count). The highest BCUT2D eigenvalue weighted by molar-refractivity contribution is 7.11. The third kappa shape index (κ3) is 5.52. The molecule has 0 fully saturated rings. The minimum absolute atomic E-state index is 0.168. The fourth-order valence-corrected chi connectivity index (χ4v) is 3.51. The normalized spacial score (nSPS) is 10.6. The lowest BCUT2D eigenvalue weighted by atomic mass is 10.1. The van der Waals surface area contributed by atoms with Gasteiger partial charge in [-0.05, 0) is 61.7 Å². The van der Waals surface area contributed by atoms with Crippen LogP contribution in [-0.4, -0.2) is 27.4 Å². The van der Waals surface area contributed by atoms with Crippen LogP contribution in [0.4, 0.5) is 0 Å². The summed E-state index contributed by atoms with van der Waals surface area (Å²) in [5, 5.41) is 5.34. The Morgan fingerprint density at radius 3 is 2.65 bits per heavy atom. The highest BCUT2D eigenvalue weighted by atomic mass is 32.1. The lowest BCUT2D eigenvalue weighted by Gasteiger charge is -2.11. The molecule has 156 valence electrons. The van der Waals surface area contributed by atoms with Crippen molar-refractivity contribution in [1.82, 2.24) is 20.3 Å². The Balaban J connectivity index is 1.54. The van der Waals surface area contributed by atoms with Crippen molar-refractivity contribution in [1.29, 1.82) is 0 Å². The Bertz CT molecular complexity index is 1160. The van der Waals surface area contributed by atoms with Crippen LogP contribution in [0.3, 0.4) is 0 Å². The van der Waals surface area contributed by atoms with Gasteiger partial charge in [0.05, 0.1) is 5.69 Å². The van der Waals surface area contributed by atoms with E-state index in [0.29, 0.717) is 29.5 Å². The van der Waals surface area contributed by atoms with Gasteiger partial charge >= 0.3 is 0 Å². The van der Waals surface area contributed by atoms with Crippen LogP contribution in [0, 0.1) is 13.8 Å². The average Bonchev–Trinajstić information content (AvgIpc) is 3.28. The molecule has 3 heterocycles. The number of carbonyl (C=O) groups is 1. The van der Waals surface area contributed by atoms with Crippen LogP contribution >= 0.6 is 11.3 Å². The molecule has 0 atom stereocenters. The van der Waals surface area contributed by atoms with Gasteiger partial charge in [-0.2, -0.15) is 0 Å². The second-order valence-corrected chi connectivity index (χ2v) is 8.04. The second-order valence-electron chi connectivity index (χ2n) is 7.18. The summed E-state index contributed by atoms with van der Waals surface area (Å²) in [4.78, 5) is 25.8. The highest BCUT2D eigenvalue weighted by Gasteiger charge is 2.12. The summed E-state index contributed by atoms with van der Waals surface area (Å²) in [6.07, 6.45) is 6.03. The predicted octanol–water partition coefficient (Wildman–Crippen LogP) is 4.98. The number of aromatic nitrogens is 3. The monoisotopic (exact) mass is 430 g/mol. The summed E-state index contributed by atoms with van der Waals surface area (Å²) in [5.74, 6) is 0.376. The standard InChI is InChI=1S/C24H22N4O2S/c1-16-3-6-22(28-14-16)19-11-20(13-21(12-19)30-24-26-9-10-31-24)23(29)25-8-7-18-5-4-17(2)27-15-18/h3-6,9-15H,7-8H2,1-2H3,(H,25,29). The molecule has 7 heteroatoms. The first-order valence-electron chi connectivity index (χ1n) is 9.92. The van der Waals surface area contributed by atoms with Crippen molar-refractivity contribution in [2.75, 3.05) is 6.54 Å². The first-order valence-corrected chi connectivity index (χ1v) is 10.8. The van der Waals surface area contributed by atoms with Crippen LogP contribution in [-0.2, 0) is 6.42 Å². The number of thiazole rings is 1. The van der Waals surface area contributed by atoms with E-state index in [-0.39, 0.29) is 5.91 Å². The molecule has 0 saturated carbocycles. The smallest absolute Gasteiger partial charge is 0.278 e. The van der Waals surface area contributed by atoms with Gasteiger partial charge in [-0.15, -0.1) is 0 Å². The van der Waals surface area contributed by atoms with Gasteiger partial charge in [0.2, 0.25) is 0 Å². The molecule has 0 spiro atoms. The number of carbonyl (C=O) groups excluding carboxylic acids is 1. The summed E-state index contributed by atoms with van der Waals surface area (Å²) in [6, 6.07) is 13.3. The molecule has 0 unspecified atom stereocenters. The summed E-state index contributed by atoms with van der Waals surface area (Å²) < 4.78 is 5.87. The minimum atomic E-state index is -0.168. The molecule has 0 aliphatic heterocycles. The SMILES string of the molecule is Cc1ccc(-c2cc(Oc3nccs3)cc(C(=O)NCCc3ccc(C)nc3)c2)nc1. The lowest BCUT2D eigenvalue weighted by molar-refractivity contribution is 0.0954. The van der Waals surface area contributed by atoms with Gasteiger partial charge in [-0.1, -0.05) is 23.5 Å². The largest absolute Gasteiger partial charge is 0.431 e. The van der Waals surface area contributed by atoms with Crippen LogP contribution in [0.5, 0.6) is 10.9 Å². The highest BCUT2D eigenvalue weighted by Crippen LogP contribution is 2.29. The van der Waals surface area contributed by atoms with E-state index in [4.69, 9.17) is 4.74 Å². The Hall–Kier alpha value is -3.58. The van der Waals surface area contributed by atoms with Crippen molar-refractivity contribution in [2.24, 2.45) is 0 Å². The number of hydrogen-bond acceptors (Lipinski definition) is 6. The molecule has 4 aromatic rings.